The number of aromatic nitrogens is 4. The maximum atomic E-state index is 4.85. The minimum Gasteiger partial charge on any atom is -0.317 e. The Labute approximate surface area is 129 Å². The van der Waals surface area contributed by atoms with Crippen molar-refractivity contribution >= 4 is 5.78 Å². The lowest BCUT2D eigenvalue weighted by Crippen LogP contribution is -2.28. The van der Waals surface area contributed by atoms with Gasteiger partial charge in [0.15, 0.2) is 0 Å². The number of imidazole rings is 1. The molecule has 0 atom stereocenters. The molecule has 0 aromatic carbocycles. The van der Waals surface area contributed by atoms with E-state index in [9.17, 15) is 0 Å². The van der Waals surface area contributed by atoms with Gasteiger partial charge in [-0.05, 0) is 56.5 Å². The lowest BCUT2D eigenvalue weighted by Gasteiger charge is -2.22. The van der Waals surface area contributed by atoms with Crippen LogP contribution in [-0.4, -0.2) is 32.4 Å². The summed E-state index contributed by atoms with van der Waals surface area (Å²) in [6.07, 6.45) is 9.12. The Bertz CT molecular complexity index is 773. The molecule has 0 amide bonds. The fourth-order valence-corrected chi connectivity index (χ4v) is 3.13. The summed E-state index contributed by atoms with van der Waals surface area (Å²) in [5.41, 5.74) is 3.13. The van der Waals surface area contributed by atoms with E-state index in [1.165, 1.54) is 18.5 Å². The summed E-state index contributed by atoms with van der Waals surface area (Å²) in [5.74, 6) is 1.45. The van der Waals surface area contributed by atoms with Crippen LogP contribution in [0.3, 0.4) is 0 Å². The van der Waals surface area contributed by atoms with Gasteiger partial charge in [-0.1, -0.05) is 6.07 Å². The summed E-state index contributed by atoms with van der Waals surface area (Å²) in [4.78, 5) is 13.5. The van der Waals surface area contributed by atoms with Crippen LogP contribution in [0.25, 0.3) is 17.2 Å². The summed E-state index contributed by atoms with van der Waals surface area (Å²) < 4.78 is 1.98. The third-order valence-electron chi connectivity index (χ3n) is 4.31. The largest absolute Gasteiger partial charge is 0.317 e. The molecule has 4 heterocycles. The predicted octanol–water partition coefficient (Wildman–Crippen LogP) is 2.33. The molecule has 0 aliphatic carbocycles. The molecule has 5 heteroatoms. The van der Waals surface area contributed by atoms with Crippen LogP contribution in [0.2, 0.25) is 0 Å². The van der Waals surface area contributed by atoms with E-state index in [4.69, 9.17) is 4.98 Å². The van der Waals surface area contributed by atoms with E-state index in [0.717, 1.165) is 36.8 Å². The van der Waals surface area contributed by atoms with Crippen LogP contribution in [0, 0.1) is 5.92 Å². The summed E-state index contributed by atoms with van der Waals surface area (Å²) in [5, 5.41) is 3.42. The van der Waals surface area contributed by atoms with E-state index < -0.39 is 0 Å². The molecule has 3 aromatic heterocycles. The highest BCUT2D eigenvalue weighted by molar-refractivity contribution is 5.58. The van der Waals surface area contributed by atoms with Crippen LogP contribution in [0.4, 0.5) is 0 Å². The quantitative estimate of drug-likeness (QED) is 0.805. The van der Waals surface area contributed by atoms with Crippen molar-refractivity contribution in [3.05, 3.63) is 48.5 Å². The van der Waals surface area contributed by atoms with Gasteiger partial charge in [-0.15, -0.1) is 0 Å². The van der Waals surface area contributed by atoms with Gasteiger partial charge in [0.25, 0.3) is 0 Å². The summed E-state index contributed by atoms with van der Waals surface area (Å²) in [7, 11) is 0. The molecule has 5 nitrogen and oxygen atoms in total. The highest BCUT2D eigenvalue weighted by Crippen LogP contribution is 2.21. The molecular formula is C17H19N5. The van der Waals surface area contributed by atoms with Gasteiger partial charge in [0.05, 0.1) is 17.6 Å². The number of fused-ring (bicyclic) bond motifs is 1. The van der Waals surface area contributed by atoms with Gasteiger partial charge < -0.3 is 5.32 Å². The first-order chi connectivity index (χ1) is 10.9. The Hall–Kier alpha value is -2.27. The maximum Gasteiger partial charge on any atom is 0.234 e. The monoisotopic (exact) mass is 293 g/mol. The Morgan fingerprint density at radius 3 is 2.95 bits per heavy atom. The number of hydrogen-bond donors (Lipinski definition) is 1. The first-order valence-corrected chi connectivity index (χ1v) is 7.85. The van der Waals surface area contributed by atoms with Crippen molar-refractivity contribution in [3.8, 4) is 11.4 Å². The SMILES string of the molecule is c1cc(CC2CCNCC2)nc(-c2cnc3ncccn23)c1. The number of pyridine rings is 1. The van der Waals surface area contributed by atoms with Crippen molar-refractivity contribution in [1.82, 2.24) is 24.7 Å². The Morgan fingerprint density at radius 2 is 2.05 bits per heavy atom. The standard InChI is InChI=1S/C17H19N5/c1-3-14(11-13-5-8-18-9-6-13)21-15(4-1)16-12-20-17-19-7-2-10-22(16)17/h1-4,7,10,12-13,18H,5-6,8-9,11H2. The number of hydrogen-bond acceptors (Lipinski definition) is 4. The molecule has 22 heavy (non-hydrogen) atoms. The van der Waals surface area contributed by atoms with Crippen LogP contribution < -0.4 is 5.32 Å². The second kappa shape index (κ2) is 5.85. The van der Waals surface area contributed by atoms with Gasteiger partial charge in [0.1, 0.15) is 0 Å². The minimum atomic E-state index is 0.711. The summed E-state index contributed by atoms with van der Waals surface area (Å²) in [6.45, 7) is 2.26. The van der Waals surface area contributed by atoms with E-state index in [-0.39, 0.29) is 0 Å². The molecule has 4 rings (SSSR count). The molecule has 0 unspecified atom stereocenters. The van der Waals surface area contributed by atoms with Crippen LogP contribution in [0.1, 0.15) is 18.5 Å². The number of nitrogens with one attached hydrogen (secondary N) is 1. The third-order valence-corrected chi connectivity index (χ3v) is 4.31. The zero-order chi connectivity index (χ0) is 14.8. The Kier molecular flexibility index (Phi) is 3.56. The summed E-state index contributed by atoms with van der Waals surface area (Å²) in [6, 6.07) is 8.18. The summed E-state index contributed by atoms with van der Waals surface area (Å²) >= 11 is 0. The molecular weight excluding hydrogens is 274 g/mol. The Morgan fingerprint density at radius 1 is 1.14 bits per heavy atom. The molecule has 1 aliphatic rings. The average Bonchev–Trinajstić information content (AvgIpc) is 3.00. The average molecular weight is 293 g/mol. The molecule has 0 radical (unpaired) electrons. The second-order valence-corrected chi connectivity index (χ2v) is 5.84. The molecule has 0 spiro atoms. The first-order valence-electron chi connectivity index (χ1n) is 7.85. The van der Waals surface area contributed by atoms with E-state index in [1.807, 2.05) is 28.9 Å². The second-order valence-electron chi connectivity index (χ2n) is 5.84. The fraction of sp³-hybridized carbons (Fsp3) is 0.353. The zero-order valence-corrected chi connectivity index (χ0v) is 12.4. The van der Waals surface area contributed by atoms with Gasteiger partial charge >= 0.3 is 0 Å². The highest BCUT2D eigenvalue weighted by Gasteiger charge is 2.15. The van der Waals surface area contributed by atoms with Crippen LogP contribution >= 0.6 is 0 Å². The molecule has 1 N–H and O–H groups in total. The maximum absolute atomic E-state index is 4.85. The fourth-order valence-electron chi connectivity index (χ4n) is 3.13. The van der Waals surface area contributed by atoms with Gasteiger partial charge in [-0.3, -0.25) is 9.38 Å². The predicted molar refractivity (Wildman–Crippen MR) is 85.5 cm³/mol. The van der Waals surface area contributed by atoms with Crippen LogP contribution in [0.15, 0.2) is 42.9 Å². The van der Waals surface area contributed by atoms with Crippen molar-refractivity contribution in [1.29, 1.82) is 0 Å². The van der Waals surface area contributed by atoms with Crippen molar-refractivity contribution in [2.45, 2.75) is 19.3 Å². The Balaban J connectivity index is 1.63. The smallest absolute Gasteiger partial charge is 0.234 e. The van der Waals surface area contributed by atoms with E-state index in [2.05, 4.69) is 27.4 Å². The van der Waals surface area contributed by atoms with Crippen molar-refractivity contribution < 1.29 is 0 Å². The minimum absolute atomic E-state index is 0.711. The van der Waals surface area contributed by atoms with E-state index in [0.29, 0.717) is 5.78 Å². The molecule has 0 bridgehead atoms. The lowest BCUT2D eigenvalue weighted by molar-refractivity contribution is 0.370. The van der Waals surface area contributed by atoms with Crippen molar-refractivity contribution in [3.63, 3.8) is 0 Å². The van der Waals surface area contributed by atoms with Gasteiger partial charge in [-0.2, -0.15) is 0 Å². The van der Waals surface area contributed by atoms with Gasteiger partial charge in [-0.25, -0.2) is 9.97 Å². The molecule has 0 saturated carbocycles. The number of piperidine rings is 1. The molecule has 1 aliphatic heterocycles. The van der Waals surface area contributed by atoms with Gasteiger partial charge in [0.2, 0.25) is 5.78 Å². The number of rotatable bonds is 3. The first kappa shape index (κ1) is 13.4. The van der Waals surface area contributed by atoms with Gasteiger partial charge in [0, 0.05) is 18.1 Å². The highest BCUT2D eigenvalue weighted by atomic mass is 15.1. The van der Waals surface area contributed by atoms with Crippen LogP contribution in [0.5, 0.6) is 0 Å². The van der Waals surface area contributed by atoms with Crippen molar-refractivity contribution in [2.75, 3.05) is 13.1 Å². The van der Waals surface area contributed by atoms with Crippen LogP contribution in [-0.2, 0) is 6.42 Å². The molecule has 112 valence electrons. The zero-order valence-electron chi connectivity index (χ0n) is 12.4. The number of nitrogens with zero attached hydrogens (tertiary/aromatic N) is 4. The topological polar surface area (TPSA) is 55.1 Å². The normalized spacial score (nSPS) is 16.2. The van der Waals surface area contributed by atoms with E-state index in [1.54, 1.807) is 6.20 Å². The van der Waals surface area contributed by atoms with Crippen molar-refractivity contribution in [2.24, 2.45) is 5.92 Å². The third kappa shape index (κ3) is 2.60. The van der Waals surface area contributed by atoms with E-state index >= 15 is 0 Å². The molecule has 3 aromatic rings. The molecule has 1 fully saturated rings. The lowest BCUT2D eigenvalue weighted by atomic mass is 9.93. The molecule has 1 saturated heterocycles.